The van der Waals surface area contributed by atoms with Crippen molar-refractivity contribution in [3.05, 3.63) is 111 Å². The molecule has 0 radical (unpaired) electrons. The lowest BCUT2D eigenvalue weighted by molar-refractivity contribution is 0.0742. The van der Waals surface area contributed by atoms with Crippen LogP contribution < -0.4 is 11.1 Å². The zero-order valence-electron chi connectivity index (χ0n) is 18.4. The summed E-state index contributed by atoms with van der Waals surface area (Å²) < 4.78 is 1.25. The average molecular weight is 451 g/mol. The number of aromatic amines is 1. The second-order valence-corrected chi connectivity index (χ2v) is 7.80. The Hall–Kier alpha value is -4.59. The molecule has 0 saturated heterocycles. The van der Waals surface area contributed by atoms with Crippen molar-refractivity contribution in [1.29, 1.82) is 0 Å². The molecule has 5 rings (SSSR count). The number of amides is 1. The molecule has 0 aliphatic heterocycles. The third kappa shape index (κ3) is 3.75. The first-order valence-electron chi connectivity index (χ1n) is 10.9. The molecule has 0 atom stereocenters. The summed E-state index contributed by atoms with van der Waals surface area (Å²) in [6.45, 7) is 2.29. The van der Waals surface area contributed by atoms with Crippen LogP contribution in [0.15, 0.2) is 88.5 Å². The van der Waals surface area contributed by atoms with Crippen LogP contribution >= 0.6 is 0 Å². The summed E-state index contributed by atoms with van der Waals surface area (Å²) in [5, 5.41) is 5.83. The summed E-state index contributed by atoms with van der Waals surface area (Å²) in [7, 11) is 0. The minimum Gasteiger partial charge on any atom is -0.330 e. The number of hydrogen-bond donors (Lipinski definition) is 1. The Morgan fingerprint density at radius 2 is 1.53 bits per heavy atom. The number of carbonyl (C=O) groups is 1. The second-order valence-electron chi connectivity index (χ2n) is 7.80. The molecule has 3 aromatic carbocycles. The Kier molecular flexibility index (Phi) is 5.47. The van der Waals surface area contributed by atoms with E-state index in [4.69, 9.17) is 0 Å². The van der Waals surface area contributed by atoms with E-state index < -0.39 is 0 Å². The molecule has 168 valence electrons. The molecular formula is C26H21N5O3. The van der Waals surface area contributed by atoms with Crippen LogP contribution in [0, 0.1) is 0 Å². The maximum atomic E-state index is 13.7. The number of benzene rings is 3. The molecule has 0 spiro atoms. The quantitative estimate of drug-likeness (QED) is 0.442. The molecule has 5 aromatic rings. The van der Waals surface area contributed by atoms with Gasteiger partial charge in [-0.2, -0.15) is 9.78 Å². The summed E-state index contributed by atoms with van der Waals surface area (Å²) in [5.74, 6) is 0.0128. The van der Waals surface area contributed by atoms with Gasteiger partial charge in [0.1, 0.15) is 5.82 Å². The largest absolute Gasteiger partial charge is 0.330 e. The minimum absolute atomic E-state index is 0.0931. The van der Waals surface area contributed by atoms with Gasteiger partial charge in [-0.15, -0.1) is 0 Å². The maximum Gasteiger partial charge on any atom is 0.279 e. The molecule has 0 bridgehead atoms. The van der Waals surface area contributed by atoms with Gasteiger partial charge in [0.2, 0.25) is 0 Å². The van der Waals surface area contributed by atoms with E-state index in [1.165, 1.54) is 4.68 Å². The number of fused-ring (bicyclic) bond motifs is 2. The zero-order chi connectivity index (χ0) is 23.7. The summed E-state index contributed by atoms with van der Waals surface area (Å²) >= 11 is 0. The van der Waals surface area contributed by atoms with Crippen molar-refractivity contribution in [3.63, 3.8) is 0 Å². The fraction of sp³-hybridized carbons (Fsp3) is 0.115. The van der Waals surface area contributed by atoms with Gasteiger partial charge in [0.15, 0.2) is 5.69 Å². The van der Waals surface area contributed by atoms with Gasteiger partial charge < -0.3 is 9.88 Å². The highest BCUT2D eigenvalue weighted by molar-refractivity contribution is 6.04. The first-order chi connectivity index (χ1) is 16.6. The normalized spacial score (nSPS) is 11.1. The van der Waals surface area contributed by atoms with E-state index in [2.05, 4.69) is 15.1 Å². The molecule has 8 heteroatoms. The van der Waals surface area contributed by atoms with E-state index in [-0.39, 0.29) is 29.3 Å². The van der Waals surface area contributed by atoms with Gasteiger partial charge in [-0.3, -0.25) is 14.4 Å². The molecule has 0 saturated carbocycles. The van der Waals surface area contributed by atoms with Crippen LogP contribution in [0.2, 0.25) is 0 Å². The molecule has 1 N–H and O–H groups in total. The van der Waals surface area contributed by atoms with Crippen LogP contribution in [-0.4, -0.2) is 37.1 Å². The van der Waals surface area contributed by atoms with Crippen LogP contribution in [0.25, 0.3) is 27.4 Å². The molecule has 0 aliphatic rings. The molecule has 0 unspecified atom stereocenters. The lowest BCUT2D eigenvalue weighted by atomic mass is 10.1. The maximum absolute atomic E-state index is 13.7. The second kappa shape index (κ2) is 8.74. The van der Waals surface area contributed by atoms with Crippen molar-refractivity contribution in [2.24, 2.45) is 0 Å². The smallest absolute Gasteiger partial charge is 0.279 e. The standard InChI is InChI=1S/C26H21N5O3/c1-2-30(16-22-27-21-15-9-8-14-20(21)24(32)28-22)26(34)23-18-12-6-7-13-19(18)25(33)31(29-23)17-10-4-3-5-11-17/h3-15H,2,16H2,1H3,(H,27,28,32). The number of rotatable bonds is 5. The monoisotopic (exact) mass is 451 g/mol. The number of carbonyl (C=O) groups excluding carboxylic acids is 1. The highest BCUT2D eigenvalue weighted by Gasteiger charge is 2.23. The number of hydrogen-bond acceptors (Lipinski definition) is 5. The highest BCUT2D eigenvalue weighted by atomic mass is 16.2. The predicted molar refractivity (Wildman–Crippen MR) is 130 cm³/mol. The zero-order valence-corrected chi connectivity index (χ0v) is 18.4. The number of nitrogens with one attached hydrogen (secondary N) is 1. The molecule has 2 heterocycles. The van der Waals surface area contributed by atoms with Crippen molar-refractivity contribution < 1.29 is 4.79 Å². The Balaban J connectivity index is 1.60. The lowest BCUT2D eigenvalue weighted by Crippen LogP contribution is -2.34. The Morgan fingerprint density at radius 1 is 0.882 bits per heavy atom. The van der Waals surface area contributed by atoms with E-state index in [1.807, 2.05) is 19.1 Å². The van der Waals surface area contributed by atoms with Crippen molar-refractivity contribution in [3.8, 4) is 5.69 Å². The topological polar surface area (TPSA) is 101 Å². The first-order valence-corrected chi connectivity index (χ1v) is 10.9. The molecule has 8 nitrogen and oxygen atoms in total. The minimum atomic E-state index is -0.362. The molecule has 2 aromatic heterocycles. The summed E-state index contributed by atoms with van der Waals surface area (Å²) in [4.78, 5) is 48.1. The Labute approximate surface area is 194 Å². The number of H-pyrrole nitrogens is 1. The van der Waals surface area contributed by atoms with E-state index in [9.17, 15) is 14.4 Å². The number of nitrogens with zero attached hydrogens (tertiary/aromatic N) is 4. The van der Waals surface area contributed by atoms with Gasteiger partial charge in [0, 0.05) is 11.9 Å². The van der Waals surface area contributed by atoms with Gasteiger partial charge in [-0.1, -0.05) is 48.5 Å². The van der Waals surface area contributed by atoms with Crippen molar-refractivity contribution >= 4 is 27.6 Å². The van der Waals surface area contributed by atoms with Crippen LogP contribution in [0.4, 0.5) is 0 Å². The Morgan fingerprint density at radius 3 is 2.26 bits per heavy atom. The van der Waals surface area contributed by atoms with E-state index in [0.29, 0.717) is 39.7 Å². The van der Waals surface area contributed by atoms with Gasteiger partial charge >= 0.3 is 0 Å². The van der Waals surface area contributed by atoms with Crippen molar-refractivity contribution in [2.45, 2.75) is 13.5 Å². The number of aromatic nitrogens is 4. The van der Waals surface area contributed by atoms with Crippen LogP contribution in [-0.2, 0) is 6.54 Å². The number of para-hydroxylation sites is 2. The lowest BCUT2D eigenvalue weighted by Gasteiger charge is -2.21. The predicted octanol–water partition coefficient (Wildman–Crippen LogP) is 3.28. The third-order valence-electron chi connectivity index (χ3n) is 5.68. The molecule has 1 amide bonds. The fourth-order valence-electron chi connectivity index (χ4n) is 3.96. The molecular weight excluding hydrogens is 430 g/mol. The molecule has 0 fully saturated rings. The van der Waals surface area contributed by atoms with E-state index in [0.717, 1.165) is 0 Å². The highest BCUT2D eigenvalue weighted by Crippen LogP contribution is 2.18. The van der Waals surface area contributed by atoms with Crippen LogP contribution in [0.1, 0.15) is 23.2 Å². The van der Waals surface area contributed by atoms with Crippen LogP contribution in [0.3, 0.4) is 0 Å². The molecule has 0 aliphatic carbocycles. The summed E-state index contributed by atoms with van der Waals surface area (Å²) in [5.41, 5.74) is 0.720. The third-order valence-corrected chi connectivity index (χ3v) is 5.68. The first kappa shape index (κ1) is 21.3. The van der Waals surface area contributed by atoms with Gasteiger partial charge in [0.25, 0.3) is 17.0 Å². The van der Waals surface area contributed by atoms with Crippen LogP contribution in [0.5, 0.6) is 0 Å². The van der Waals surface area contributed by atoms with Gasteiger partial charge in [-0.25, -0.2) is 4.98 Å². The van der Waals surface area contributed by atoms with E-state index >= 15 is 0 Å². The fourth-order valence-corrected chi connectivity index (χ4v) is 3.96. The van der Waals surface area contributed by atoms with Gasteiger partial charge in [-0.05, 0) is 37.3 Å². The SMILES string of the molecule is CCN(Cc1nc2ccccc2c(=O)[nH]1)C(=O)c1nn(-c2ccccc2)c(=O)c2ccccc12. The van der Waals surface area contributed by atoms with Crippen molar-refractivity contribution in [2.75, 3.05) is 6.54 Å². The Bertz CT molecular complexity index is 1640. The molecule has 34 heavy (non-hydrogen) atoms. The van der Waals surface area contributed by atoms with Crippen molar-refractivity contribution in [1.82, 2.24) is 24.6 Å². The summed E-state index contributed by atoms with van der Waals surface area (Å²) in [6, 6.07) is 23.0. The summed E-state index contributed by atoms with van der Waals surface area (Å²) in [6.07, 6.45) is 0. The van der Waals surface area contributed by atoms with Gasteiger partial charge in [0.05, 0.1) is 28.5 Å². The van der Waals surface area contributed by atoms with E-state index in [1.54, 1.807) is 71.6 Å². The average Bonchev–Trinajstić information content (AvgIpc) is 2.88.